The minimum atomic E-state index is -4.93. The fraction of sp³-hybridized carbons (Fsp3) is 0.286. The number of imidazole rings is 1. The van der Waals surface area contributed by atoms with E-state index in [9.17, 15) is 23.1 Å². The van der Waals surface area contributed by atoms with Crippen LogP contribution in [0.25, 0.3) is 28.1 Å². The molecular formula is C21H18F3N7O2. The van der Waals surface area contributed by atoms with Crippen molar-refractivity contribution >= 4 is 17.1 Å². The van der Waals surface area contributed by atoms with Crippen LogP contribution in [0.4, 0.5) is 13.2 Å². The molecule has 12 heteroatoms. The number of fused-ring (bicyclic) bond motifs is 1. The molecule has 1 aliphatic rings. The number of carbonyl (C=O) groups excluding carboxylic acids is 1. The summed E-state index contributed by atoms with van der Waals surface area (Å²) in [4.78, 5) is 28.1. The molecule has 1 atom stereocenters. The number of alkyl halides is 3. The van der Waals surface area contributed by atoms with E-state index in [-0.39, 0.29) is 30.4 Å². The van der Waals surface area contributed by atoms with Crippen molar-refractivity contribution in [3.8, 4) is 16.9 Å². The topological polar surface area (TPSA) is 113 Å². The standard InChI is InChI=1S/C21H18F3N7O2/c1-12(32)30-9-15(10-30)20(33,21(22,23)24)14-2-3-17(26-7-14)31-8-13(6-29-31)16-4-5-25-19-18(16)27-11-28-19/h2-8,11,15,33H,9-10H2,1H3,(H,25,27,28). The second-order valence-corrected chi connectivity index (χ2v) is 7.92. The molecule has 170 valence electrons. The number of rotatable bonds is 4. The lowest BCUT2D eigenvalue weighted by molar-refractivity contribution is -0.299. The summed E-state index contributed by atoms with van der Waals surface area (Å²) in [5, 5.41) is 14.9. The van der Waals surface area contributed by atoms with Gasteiger partial charge in [0.25, 0.3) is 0 Å². The maximum atomic E-state index is 13.9. The van der Waals surface area contributed by atoms with E-state index in [0.717, 1.165) is 17.3 Å². The Bertz CT molecular complexity index is 1330. The Morgan fingerprint density at radius 1 is 1.15 bits per heavy atom. The Balaban J connectivity index is 1.44. The van der Waals surface area contributed by atoms with Crippen LogP contribution in [0.3, 0.4) is 0 Å². The van der Waals surface area contributed by atoms with Crippen LogP contribution < -0.4 is 0 Å². The number of hydrogen-bond donors (Lipinski definition) is 2. The summed E-state index contributed by atoms with van der Waals surface area (Å²) in [6.07, 6.45) is 2.50. The number of hydrogen-bond acceptors (Lipinski definition) is 6. The third-order valence-electron chi connectivity index (χ3n) is 5.99. The summed E-state index contributed by atoms with van der Waals surface area (Å²) in [7, 11) is 0. The molecule has 0 aromatic carbocycles. The molecule has 0 saturated carbocycles. The molecule has 0 radical (unpaired) electrons. The lowest BCUT2D eigenvalue weighted by atomic mass is 9.76. The molecule has 9 nitrogen and oxygen atoms in total. The first kappa shape index (κ1) is 21.1. The fourth-order valence-electron chi connectivity index (χ4n) is 4.05. The maximum absolute atomic E-state index is 13.9. The van der Waals surface area contributed by atoms with Gasteiger partial charge in [-0.05, 0) is 12.1 Å². The van der Waals surface area contributed by atoms with Gasteiger partial charge in [0.1, 0.15) is 5.52 Å². The van der Waals surface area contributed by atoms with Crippen LogP contribution in [-0.4, -0.2) is 64.9 Å². The summed E-state index contributed by atoms with van der Waals surface area (Å²) in [6.45, 7) is 0.924. The van der Waals surface area contributed by atoms with Gasteiger partial charge in [-0.15, -0.1) is 0 Å². The zero-order valence-corrected chi connectivity index (χ0v) is 17.3. The van der Waals surface area contributed by atoms with E-state index >= 15 is 0 Å². The predicted molar refractivity (Wildman–Crippen MR) is 110 cm³/mol. The molecule has 4 aromatic heterocycles. The van der Waals surface area contributed by atoms with E-state index in [1.807, 2.05) is 0 Å². The van der Waals surface area contributed by atoms with E-state index < -0.39 is 17.7 Å². The minimum absolute atomic E-state index is 0.177. The smallest absolute Gasteiger partial charge is 0.376 e. The molecule has 2 N–H and O–H groups in total. The summed E-state index contributed by atoms with van der Waals surface area (Å²) in [6, 6.07) is 4.33. The highest BCUT2D eigenvalue weighted by Crippen LogP contribution is 2.47. The SMILES string of the molecule is CC(=O)N1CC(C(O)(c2ccc(-n3cc(-c4ccnc5[nH]cnc45)cn3)nc2)C(F)(F)F)C1. The van der Waals surface area contributed by atoms with Crippen LogP contribution in [-0.2, 0) is 10.4 Å². The zero-order chi connectivity index (χ0) is 23.4. The van der Waals surface area contributed by atoms with Crippen LogP contribution >= 0.6 is 0 Å². The molecule has 1 saturated heterocycles. The number of H-pyrrole nitrogens is 1. The number of halogens is 3. The van der Waals surface area contributed by atoms with Crippen LogP contribution in [0, 0.1) is 5.92 Å². The number of pyridine rings is 2. The van der Waals surface area contributed by atoms with Crippen molar-refractivity contribution in [1.29, 1.82) is 0 Å². The Morgan fingerprint density at radius 2 is 1.94 bits per heavy atom. The largest absolute Gasteiger partial charge is 0.421 e. The first-order chi connectivity index (χ1) is 15.7. The number of likely N-dealkylation sites (tertiary alicyclic amines) is 1. The lowest BCUT2D eigenvalue weighted by Crippen LogP contribution is -2.62. The Kier molecular flexibility index (Phi) is 4.71. The highest BCUT2D eigenvalue weighted by atomic mass is 19.4. The minimum Gasteiger partial charge on any atom is -0.376 e. The third-order valence-corrected chi connectivity index (χ3v) is 5.99. The molecule has 33 heavy (non-hydrogen) atoms. The summed E-state index contributed by atoms with van der Waals surface area (Å²) in [5.41, 5.74) is -0.694. The van der Waals surface area contributed by atoms with E-state index in [1.54, 1.807) is 24.7 Å². The van der Waals surface area contributed by atoms with Gasteiger partial charge in [-0.2, -0.15) is 18.3 Å². The van der Waals surface area contributed by atoms with Crippen molar-refractivity contribution in [2.24, 2.45) is 5.92 Å². The number of nitrogens with one attached hydrogen (secondary N) is 1. The summed E-state index contributed by atoms with van der Waals surface area (Å²) in [5.74, 6) is -1.23. The van der Waals surface area contributed by atoms with E-state index in [2.05, 4.69) is 25.0 Å². The Labute approximate surface area is 184 Å². The predicted octanol–water partition coefficient (Wildman–Crippen LogP) is 2.43. The molecule has 5 heterocycles. The van der Waals surface area contributed by atoms with Crippen molar-refractivity contribution in [1.82, 2.24) is 34.6 Å². The van der Waals surface area contributed by atoms with Crippen LogP contribution in [0.15, 0.2) is 49.3 Å². The summed E-state index contributed by atoms with van der Waals surface area (Å²) < 4.78 is 43.1. The second-order valence-electron chi connectivity index (χ2n) is 7.92. The van der Waals surface area contributed by atoms with Gasteiger partial charge in [0.15, 0.2) is 17.1 Å². The molecule has 1 unspecified atom stereocenters. The molecule has 1 amide bonds. The van der Waals surface area contributed by atoms with Crippen LogP contribution in [0.2, 0.25) is 0 Å². The number of amides is 1. The van der Waals surface area contributed by atoms with Gasteiger partial charge in [-0.25, -0.2) is 19.6 Å². The molecule has 1 fully saturated rings. The summed E-state index contributed by atoms with van der Waals surface area (Å²) >= 11 is 0. The van der Waals surface area contributed by atoms with Crippen molar-refractivity contribution < 1.29 is 23.1 Å². The highest BCUT2D eigenvalue weighted by molar-refractivity contribution is 5.88. The lowest BCUT2D eigenvalue weighted by Gasteiger charge is -2.48. The second kappa shape index (κ2) is 7.37. The molecule has 0 bridgehead atoms. The van der Waals surface area contributed by atoms with E-state index in [0.29, 0.717) is 11.2 Å². The monoisotopic (exact) mass is 457 g/mol. The van der Waals surface area contributed by atoms with Crippen LogP contribution in [0.5, 0.6) is 0 Å². The van der Waals surface area contributed by atoms with Crippen molar-refractivity contribution in [2.75, 3.05) is 13.1 Å². The Hall–Kier alpha value is -3.80. The third kappa shape index (κ3) is 3.33. The molecule has 4 aromatic rings. The molecule has 0 spiro atoms. The first-order valence-corrected chi connectivity index (χ1v) is 10.0. The molecule has 5 rings (SSSR count). The number of aliphatic hydroxyl groups is 1. The van der Waals surface area contributed by atoms with Gasteiger partial charge >= 0.3 is 6.18 Å². The number of aromatic amines is 1. The van der Waals surface area contributed by atoms with Gasteiger partial charge < -0.3 is 15.0 Å². The zero-order valence-electron chi connectivity index (χ0n) is 17.3. The maximum Gasteiger partial charge on any atom is 0.421 e. The average Bonchev–Trinajstić information content (AvgIpc) is 3.41. The van der Waals surface area contributed by atoms with Gasteiger partial charge in [0.05, 0.1) is 12.5 Å². The highest BCUT2D eigenvalue weighted by Gasteiger charge is 2.62. The van der Waals surface area contributed by atoms with E-state index in [4.69, 9.17) is 0 Å². The fourth-order valence-corrected chi connectivity index (χ4v) is 4.05. The number of nitrogens with zero attached hydrogens (tertiary/aromatic N) is 6. The first-order valence-electron chi connectivity index (χ1n) is 10.0. The van der Waals surface area contributed by atoms with Gasteiger partial charge in [0.2, 0.25) is 5.91 Å². The molecule has 1 aliphatic heterocycles. The number of carbonyl (C=O) groups is 1. The van der Waals surface area contributed by atoms with Crippen molar-refractivity contribution in [3.05, 3.63) is 54.9 Å². The quantitative estimate of drug-likeness (QED) is 0.487. The average molecular weight is 457 g/mol. The number of aromatic nitrogens is 6. The van der Waals surface area contributed by atoms with E-state index in [1.165, 1.54) is 35.0 Å². The van der Waals surface area contributed by atoms with Crippen LogP contribution in [0.1, 0.15) is 12.5 Å². The Morgan fingerprint density at radius 3 is 2.61 bits per heavy atom. The molecule has 0 aliphatic carbocycles. The van der Waals surface area contributed by atoms with Gasteiger partial charge in [-0.3, -0.25) is 4.79 Å². The molecular weight excluding hydrogens is 439 g/mol. The van der Waals surface area contributed by atoms with Gasteiger partial charge in [-0.1, -0.05) is 6.07 Å². The normalized spacial score (nSPS) is 16.6. The van der Waals surface area contributed by atoms with Crippen molar-refractivity contribution in [3.63, 3.8) is 0 Å². The van der Waals surface area contributed by atoms with Crippen molar-refractivity contribution in [2.45, 2.75) is 18.7 Å². The van der Waals surface area contributed by atoms with Gasteiger partial charge in [0, 0.05) is 61.2 Å².